The summed E-state index contributed by atoms with van der Waals surface area (Å²) >= 11 is 0. The van der Waals surface area contributed by atoms with E-state index in [9.17, 15) is 0 Å². The second-order valence-electron chi connectivity index (χ2n) is 0. The molecule has 0 saturated carbocycles. The normalized spacial score (nSPS) is 0. The maximum Gasteiger partial charge on any atom is 3.00 e. The zero-order chi connectivity index (χ0) is 0. The van der Waals surface area contributed by atoms with E-state index in [1.807, 2.05) is 0 Å². The fourth-order valence-corrected chi connectivity index (χ4v) is 0. The molecule has 7 N–H and O–H groups in total. The van der Waals surface area contributed by atoms with Gasteiger partial charge < -0.3 is 38.3 Å². The third-order valence-corrected chi connectivity index (χ3v) is 0. The molecular weight excluding hydrogens is 260 g/mol. The van der Waals surface area contributed by atoms with Gasteiger partial charge in [-0.05, 0) is 0 Å². The fraction of sp³-hybridized carbons (Fsp3) is 0. The Hall–Kier alpha value is 1.40. The SMILES string of the molecule is [Al+3].[Fe+2].[OH-].[OH-].[OH-].[OH-].[OH-].[OH-].[OH-].[Zn+2]. The molecule has 0 rings (SSSR count). The number of hydrogen-bond donors (Lipinski definition) is 0. The predicted octanol–water partition coefficient (Wildman–Crippen LogP) is -1.62. The van der Waals surface area contributed by atoms with Crippen LogP contribution < -0.4 is 0 Å². The van der Waals surface area contributed by atoms with Crippen molar-refractivity contribution in [1.29, 1.82) is 0 Å². The molecule has 0 amide bonds. The van der Waals surface area contributed by atoms with E-state index in [0.29, 0.717) is 0 Å². The number of hydrogen-bond acceptors (Lipinski definition) is 7. The Kier molecular flexibility index (Phi) is 29800. The number of rotatable bonds is 0. The van der Waals surface area contributed by atoms with Crippen LogP contribution in [-0.4, -0.2) is 55.7 Å². The molecule has 0 aliphatic rings. The molecule has 0 fully saturated rings. The minimum Gasteiger partial charge on any atom is -0.870 e. The fourth-order valence-electron chi connectivity index (χ4n) is 0. The zero-order valence-corrected chi connectivity index (χ0v) is 9.99. The van der Waals surface area contributed by atoms with Gasteiger partial charge in [0.05, 0.1) is 0 Å². The van der Waals surface area contributed by atoms with Crippen molar-refractivity contribution < 1.29 is 74.9 Å². The molecule has 0 radical (unpaired) electrons. The molecule has 0 bridgehead atoms. The minimum absolute atomic E-state index is 0. The Morgan fingerprint density at radius 3 is 0.400 bits per heavy atom. The first-order chi connectivity index (χ1) is 0. The van der Waals surface area contributed by atoms with Gasteiger partial charge in [-0.2, -0.15) is 0 Å². The third-order valence-electron chi connectivity index (χ3n) is 0. The molecule has 0 aliphatic carbocycles. The summed E-state index contributed by atoms with van der Waals surface area (Å²) in [6.07, 6.45) is 0. The van der Waals surface area contributed by atoms with Crippen molar-refractivity contribution >= 4 is 17.4 Å². The first-order valence-corrected chi connectivity index (χ1v) is 0. The van der Waals surface area contributed by atoms with E-state index in [1.165, 1.54) is 0 Å². The molecule has 62 valence electrons. The van der Waals surface area contributed by atoms with Crippen LogP contribution >= 0.6 is 0 Å². The topological polar surface area (TPSA) is 210 Å². The van der Waals surface area contributed by atoms with Crippen LogP contribution in [0.4, 0.5) is 0 Å². The van der Waals surface area contributed by atoms with Gasteiger partial charge in [0.25, 0.3) is 0 Å². The molecule has 0 atom stereocenters. The molecule has 0 spiro atoms. The van der Waals surface area contributed by atoms with Crippen LogP contribution in [0.15, 0.2) is 0 Å². The molecule has 10 heavy (non-hydrogen) atoms. The van der Waals surface area contributed by atoms with Crippen LogP contribution in [0.3, 0.4) is 0 Å². The van der Waals surface area contributed by atoms with E-state index in [4.69, 9.17) is 0 Å². The second-order valence-corrected chi connectivity index (χ2v) is 0. The van der Waals surface area contributed by atoms with Crippen molar-refractivity contribution in [3.8, 4) is 0 Å². The Morgan fingerprint density at radius 2 is 0.400 bits per heavy atom. The summed E-state index contributed by atoms with van der Waals surface area (Å²) in [4.78, 5) is 0. The minimum atomic E-state index is 0. The van der Waals surface area contributed by atoms with Crippen LogP contribution in [0.1, 0.15) is 0 Å². The van der Waals surface area contributed by atoms with Crippen molar-refractivity contribution in [3.63, 3.8) is 0 Å². The summed E-state index contributed by atoms with van der Waals surface area (Å²) in [6, 6.07) is 0. The van der Waals surface area contributed by atoms with E-state index in [1.54, 1.807) is 0 Å². The van der Waals surface area contributed by atoms with E-state index >= 15 is 0 Å². The molecule has 0 unspecified atom stereocenters. The smallest absolute Gasteiger partial charge is 0.870 e. The Labute approximate surface area is 92.1 Å². The second kappa shape index (κ2) is 471. The van der Waals surface area contributed by atoms with Crippen molar-refractivity contribution in [3.05, 3.63) is 0 Å². The van der Waals surface area contributed by atoms with E-state index in [-0.39, 0.29) is 92.2 Å². The van der Waals surface area contributed by atoms with Crippen molar-refractivity contribution in [2.75, 3.05) is 0 Å². The Bertz CT molecular complexity index is 13.6. The standard InChI is InChI=1S/Al.Fe.7H2O.Zn/h;;7*1H2;/q+3;+2;;;;;;;;+2/p-7. The first kappa shape index (κ1) is 632. The van der Waals surface area contributed by atoms with E-state index < -0.39 is 0 Å². The Morgan fingerprint density at radius 1 is 0.400 bits per heavy atom. The van der Waals surface area contributed by atoms with Gasteiger partial charge in [0.2, 0.25) is 0 Å². The molecule has 0 saturated heterocycles. The van der Waals surface area contributed by atoms with Crippen LogP contribution in [0.2, 0.25) is 0 Å². The summed E-state index contributed by atoms with van der Waals surface area (Å²) in [6.45, 7) is 0. The molecule has 0 aromatic rings. The van der Waals surface area contributed by atoms with Crippen LogP contribution in [0.25, 0.3) is 0 Å². The third kappa shape index (κ3) is 340. The quantitative estimate of drug-likeness (QED) is 0.467. The average Bonchev–Trinajstić information content (AvgIpc) is 0. The van der Waals surface area contributed by atoms with E-state index in [2.05, 4.69) is 0 Å². The van der Waals surface area contributed by atoms with Gasteiger partial charge in [-0.3, -0.25) is 0 Å². The van der Waals surface area contributed by atoms with Crippen molar-refractivity contribution in [2.24, 2.45) is 0 Å². The molecule has 0 aliphatic heterocycles. The van der Waals surface area contributed by atoms with Crippen LogP contribution in [0.5, 0.6) is 0 Å². The van der Waals surface area contributed by atoms with Crippen LogP contribution in [-0.2, 0) is 36.5 Å². The zero-order valence-electron chi connectivity index (χ0n) is 4.77. The average molecular weight is 267 g/mol. The van der Waals surface area contributed by atoms with Gasteiger partial charge in [0, 0.05) is 0 Å². The summed E-state index contributed by atoms with van der Waals surface area (Å²) in [5.74, 6) is 0. The summed E-state index contributed by atoms with van der Waals surface area (Å²) in [7, 11) is 0. The summed E-state index contributed by atoms with van der Waals surface area (Å²) < 4.78 is 0. The molecule has 0 aromatic carbocycles. The van der Waals surface area contributed by atoms with Crippen LogP contribution in [0, 0.1) is 0 Å². The van der Waals surface area contributed by atoms with E-state index in [0.717, 1.165) is 0 Å². The summed E-state index contributed by atoms with van der Waals surface area (Å²) in [5.41, 5.74) is 0. The largest absolute Gasteiger partial charge is 3.00 e. The van der Waals surface area contributed by atoms with Gasteiger partial charge in [-0.1, -0.05) is 0 Å². The molecule has 0 aromatic heterocycles. The van der Waals surface area contributed by atoms with Gasteiger partial charge in [-0.15, -0.1) is 0 Å². The van der Waals surface area contributed by atoms with Crippen molar-refractivity contribution in [2.45, 2.75) is 0 Å². The maximum atomic E-state index is 0. The van der Waals surface area contributed by atoms with Crippen molar-refractivity contribution in [1.82, 2.24) is 0 Å². The van der Waals surface area contributed by atoms with Gasteiger partial charge in [0.1, 0.15) is 0 Å². The summed E-state index contributed by atoms with van der Waals surface area (Å²) in [5, 5.41) is 0. The molecule has 10 heteroatoms. The molecule has 7 nitrogen and oxygen atoms in total. The molecular formula is H7AlFeO7Zn. The first-order valence-electron chi connectivity index (χ1n) is 0. The molecule has 0 heterocycles. The van der Waals surface area contributed by atoms with Gasteiger partial charge in [0.15, 0.2) is 0 Å². The predicted molar refractivity (Wildman–Crippen MR) is 19.3 cm³/mol. The van der Waals surface area contributed by atoms with Gasteiger partial charge >= 0.3 is 53.9 Å². The monoisotopic (exact) mass is 266 g/mol. The Balaban J connectivity index is 0. The maximum absolute atomic E-state index is 0. The van der Waals surface area contributed by atoms with Gasteiger partial charge in [-0.25, -0.2) is 0 Å².